The third-order valence-corrected chi connectivity index (χ3v) is 3.73. The molecule has 0 aromatic carbocycles. The Hall–Kier alpha value is -0.0200. The number of alkyl halides is 1. The van der Waals surface area contributed by atoms with Gasteiger partial charge in [-0.25, -0.2) is 0 Å². The van der Waals surface area contributed by atoms with Gasteiger partial charge in [0, 0.05) is 18.1 Å². The van der Waals surface area contributed by atoms with Crippen LogP contribution < -0.4 is 0 Å². The summed E-state index contributed by atoms with van der Waals surface area (Å²) in [6.07, 6.45) is 1.88. The zero-order chi connectivity index (χ0) is 10.1. The summed E-state index contributed by atoms with van der Waals surface area (Å²) in [5.74, 6) is 0. The molecule has 0 saturated heterocycles. The summed E-state index contributed by atoms with van der Waals surface area (Å²) in [6, 6.07) is 0. The topological polar surface area (TPSA) is 17.8 Å². The van der Waals surface area contributed by atoms with Crippen molar-refractivity contribution in [3.05, 3.63) is 16.9 Å². The van der Waals surface area contributed by atoms with Gasteiger partial charge in [-0.3, -0.25) is 4.68 Å². The van der Waals surface area contributed by atoms with Crippen LogP contribution >= 0.6 is 27.5 Å². The lowest BCUT2D eigenvalue weighted by Crippen LogP contribution is -2.21. The Morgan fingerprint density at radius 3 is 2.62 bits per heavy atom. The fourth-order valence-corrected chi connectivity index (χ4v) is 1.38. The van der Waals surface area contributed by atoms with Crippen molar-refractivity contribution in [1.82, 2.24) is 9.78 Å². The Kier molecular flexibility index (Phi) is 3.41. The van der Waals surface area contributed by atoms with Gasteiger partial charge in [-0.15, -0.1) is 0 Å². The molecule has 0 spiro atoms. The minimum absolute atomic E-state index is 0.210. The average molecular weight is 266 g/mol. The monoisotopic (exact) mass is 264 g/mol. The van der Waals surface area contributed by atoms with Crippen LogP contribution in [0.25, 0.3) is 0 Å². The van der Waals surface area contributed by atoms with Crippen molar-refractivity contribution in [1.29, 1.82) is 0 Å². The van der Waals surface area contributed by atoms with Crippen LogP contribution in [-0.2, 0) is 6.54 Å². The predicted molar refractivity (Wildman–Crippen MR) is 59.5 cm³/mol. The summed E-state index contributed by atoms with van der Waals surface area (Å²) in [5.41, 5.74) is 1.11. The van der Waals surface area contributed by atoms with E-state index in [0.717, 1.165) is 22.6 Å². The van der Waals surface area contributed by atoms with E-state index in [0.29, 0.717) is 0 Å². The van der Waals surface area contributed by atoms with Crippen LogP contribution in [0.15, 0.2) is 6.20 Å². The van der Waals surface area contributed by atoms with Crippen molar-refractivity contribution >= 4 is 27.5 Å². The van der Waals surface area contributed by atoms with Gasteiger partial charge in [0.25, 0.3) is 0 Å². The first-order valence-electron chi connectivity index (χ1n) is 4.20. The molecule has 0 saturated carbocycles. The maximum absolute atomic E-state index is 5.91. The van der Waals surface area contributed by atoms with Gasteiger partial charge in [0.1, 0.15) is 0 Å². The first kappa shape index (κ1) is 11.1. The summed E-state index contributed by atoms with van der Waals surface area (Å²) in [5, 5.41) is 6.00. The largest absolute Gasteiger partial charge is 0.270 e. The molecule has 0 atom stereocenters. The highest BCUT2D eigenvalue weighted by Gasteiger charge is 2.17. The highest BCUT2D eigenvalue weighted by Crippen LogP contribution is 2.22. The molecule has 0 aliphatic carbocycles. The lowest BCUT2D eigenvalue weighted by atomic mass is 9.97. The van der Waals surface area contributed by atoms with Gasteiger partial charge in [-0.05, 0) is 12.3 Å². The summed E-state index contributed by atoms with van der Waals surface area (Å²) >= 11 is 9.39. The molecule has 0 aliphatic heterocycles. The number of aromatic nitrogens is 2. The molecule has 0 radical (unpaired) electrons. The van der Waals surface area contributed by atoms with Gasteiger partial charge in [-0.2, -0.15) is 5.10 Å². The van der Waals surface area contributed by atoms with E-state index in [1.54, 1.807) is 0 Å². The number of rotatable bonds is 3. The molecule has 0 unspecified atom stereocenters. The molecule has 0 fully saturated rings. The summed E-state index contributed by atoms with van der Waals surface area (Å²) in [4.78, 5) is 0. The number of nitrogens with zero attached hydrogens (tertiary/aromatic N) is 2. The zero-order valence-electron chi connectivity index (χ0n) is 8.14. The molecule has 0 amide bonds. The molecule has 0 N–H and O–H groups in total. The number of hydrogen-bond acceptors (Lipinski definition) is 1. The maximum atomic E-state index is 5.91. The van der Waals surface area contributed by atoms with Gasteiger partial charge < -0.3 is 0 Å². The molecule has 1 aromatic heterocycles. The molecular weight excluding hydrogens is 251 g/mol. The van der Waals surface area contributed by atoms with Gasteiger partial charge in [-0.1, -0.05) is 41.4 Å². The lowest BCUT2D eigenvalue weighted by Gasteiger charge is -2.20. The molecule has 0 bridgehead atoms. The van der Waals surface area contributed by atoms with E-state index in [-0.39, 0.29) is 5.41 Å². The highest BCUT2D eigenvalue weighted by atomic mass is 79.9. The molecule has 0 aliphatic rings. The fourth-order valence-electron chi connectivity index (χ4n) is 1.06. The summed E-state index contributed by atoms with van der Waals surface area (Å²) in [7, 11) is 0. The third kappa shape index (κ3) is 2.99. The normalized spacial score (nSPS) is 12.1. The zero-order valence-corrected chi connectivity index (χ0v) is 10.5. The summed E-state index contributed by atoms with van der Waals surface area (Å²) < 4.78 is 1.90. The maximum Gasteiger partial charge on any atom is 0.0814 e. The minimum Gasteiger partial charge on any atom is -0.270 e. The van der Waals surface area contributed by atoms with Crippen LogP contribution in [0.3, 0.4) is 0 Å². The first-order valence-corrected chi connectivity index (χ1v) is 5.70. The van der Waals surface area contributed by atoms with Crippen LogP contribution in [0.1, 0.15) is 19.5 Å². The van der Waals surface area contributed by atoms with Crippen LogP contribution in [0.2, 0.25) is 5.02 Å². The van der Waals surface area contributed by atoms with Crippen molar-refractivity contribution in [3.8, 4) is 0 Å². The molecule has 4 heteroatoms. The molecular formula is C9H14BrClN2. The second kappa shape index (κ2) is 4.01. The van der Waals surface area contributed by atoms with Gasteiger partial charge in [0.15, 0.2) is 0 Å². The lowest BCUT2D eigenvalue weighted by molar-refractivity contribution is 0.335. The summed E-state index contributed by atoms with van der Waals surface area (Å²) in [6.45, 7) is 7.17. The standard InChI is InChI=1S/C9H14BrClN2/c1-7-8(11)4-13(12-7)6-9(2,3)5-10/h4H,5-6H2,1-3H3. The Morgan fingerprint density at radius 2 is 2.23 bits per heavy atom. The van der Waals surface area contributed by atoms with Crippen molar-refractivity contribution < 1.29 is 0 Å². The molecule has 1 heterocycles. The van der Waals surface area contributed by atoms with E-state index in [1.807, 2.05) is 17.8 Å². The van der Waals surface area contributed by atoms with E-state index in [4.69, 9.17) is 11.6 Å². The van der Waals surface area contributed by atoms with Crippen molar-refractivity contribution in [2.24, 2.45) is 5.41 Å². The van der Waals surface area contributed by atoms with Gasteiger partial charge in [0.2, 0.25) is 0 Å². The molecule has 74 valence electrons. The number of halogens is 2. The molecule has 1 rings (SSSR count). The van der Waals surface area contributed by atoms with E-state index in [1.165, 1.54) is 0 Å². The first-order chi connectivity index (χ1) is 5.94. The predicted octanol–water partition coefficient (Wildman–Crippen LogP) is 3.27. The average Bonchev–Trinajstić information content (AvgIpc) is 2.30. The second-order valence-corrected chi connectivity index (χ2v) is 5.03. The van der Waals surface area contributed by atoms with Gasteiger partial charge >= 0.3 is 0 Å². The second-order valence-electron chi connectivity index (χ2n) is 4.06. The van der Waals surface area contributed by atoms with Crippen molar-refractivity contribution in [2.45, 2.75) is 27.3 Å². The number of hydrogen-bond donors (Lipinski definition) is 0. The smallest absolute Gasteiger partial charge is 0.0814 e. The third-order valence-electron chi connectivity index (χ3n) is 1.84. The van der Waals surface area contributed by atoms with Crippen molar-refractivity contribution in [3.63, 3.8) is 0 Å². The minimum atomic E-state index is 0.210. The van der Waals surface area contributed by atoms with Crippen LogP contribution in [0, 0.1) is 12.3 Å². The fraction of sp³-hybridized carbons (Fsp3) is 0.667. The van der Waals surface area contributed by atoms with Crippen LogP contribution in [0.5, 0.6) is 0 Å². The van der Waals surface area contributed by atoms with E-state index in [2.05, 4.69) is 34.9 Å². The Labute approximate surface area is 92.4 Å². The molecule has 13 heavy (non-hydrogen) atoms. The van der Waals surface area contributed by atoms with E-state index >= 15 is 0 Å². The van der Waals surface area contributed by atoms with Crippen molar-refractivity contribution in [2.75, 3.05) is 5.33 Å². The Balaban J connectivity index is 2.75. The van der Waals surface area contributed by atoms with E-state index < -0.39 is 0 Å². The SMILES string of the molecule is Cc1nn(CC(C)(C)CBr)cc1Cl. The molecule has 2 nitrogen and oxygen atoms in total. The number of aryl methyl sites for hydroxylation is 1. The van der Waals surface area contributed by atoms with Crippen LogP contribution in [-0.4, -0.2) is 15.1 Å². The highest BCUT2D eigenvalue weighted by molar-refractivity contribution is 9.09. The van der Waals surface area contributed by atoms with E-state index in [9.17, 15) is 0 Å². The van der Waals surface area contributed by atoms with Gasteiger partial charge in [0.05, 0.1) is 10.7 Å². The van der Waals surface area contributed by atoms with Crippen LogP contribution in [0.4, 0.5) is 0 Å². The Morgan fingerprint density at radius 1 is 1.62 bits per heavy atom. The quantitative estimate of drug-likeness (QED) is 0.767. The Bertz CT molecular complexity index is 274. The molecule has 1 aromatic rings.